The maximum atomic E-state index is 5.60. The Balaban J connectivity index is 2.08. The highest BCUT2D eigenvalue weighted by molar-refractivity contribution is 5.75. The predicted octanol–water partition coefficient (Wildman–Crippen LogP) is 1.37. The predicted molar refractivity (Wildman–Crippen MR) is 76.6 cm³/mol. The van der Waals surface area contributed by atoms with Crippen LogP contribution in [-0.2, 0) is 18.2 Å². The third kappa shape index (κ3) is 3.32. The number of benzene rings is 1. The summed E-state index contributed by atoms with van der Waals surface area (Å²) in [6, 6.07) is 8.33. The van der Waals surface area contributed by atoms with Crippen LogP contribution in [0.15, 0.2) is 24.3 Å². The second-order valence-electron chi connectivity index (χ2n) is 4.63. The number of nitrogens with one attached hydrogen (secondary N) is 1. The molecule has 0 spiro atoms. The zero-order chi connectivity index (χ0) is 13.7. The minimum atomic E-state index is 0.182. The van der Waals surface area contributed by atoms with Gasteiger partial charge in [0.15, 0.2) is 0 Å². The molecule has 5 nitrogen and oxygen atoms in total. The molecule has 0 saturated carbocycles. The van der Waals surface area contributed by atoms with Crippen LogP contribution < -0.4 is 11.3 Å². The van der Waals surface area contributed by atoms with E-state index < -0.39 is 0 Å². The summed E-state index contributed by atoms with van der Waals surface area (Å²) >= 11 is 0. The molecule has 0 saturated heterocycles. The average molecular weight is 262 g/mol. The largest absolute Gasteiger partial charge is 0.382 e. The lowest BCUT2D eigenvalue weighted by atomic mass is 10.1. The fourth-order valence-electron chi connectivity index (χ4n) is 2.21. The molecule has 1 aromatic heterocycles. The number of imidazole rings is 1. The van der Waals surface area contributed by atoms with Gasteiger partial charge in [0, 0.05) is 32.7 Å². The maximum Gasteiger partial charge on any atom is 0.111 e. The zero-order valence-electron chi connectivity index (χ0n) is 11.6. The molecule has 19 heavy (non-hydrogen) atoms. The standard InChI is InChI=1S/C14H22N4O/c1-3-19-9-8-11(17-15)10-14-16-12-6-4-5-7-13(12)18(14)2/h4-7,11,17H,3,8-10,15H2,1-2H3. The van der Waals surface area contributed by atoms with E-state index in [0.29, 0.717) is 0 Å². The maximum absolute atomic E-state index is 5.60. The highest BCUT2D eigenvalue weighted by atomic mass is 16.5. The van der Waals surface area contributed by atoms with E-state index in [1.165, 1.54) is 0 Å². The summed E-state index contributed by atoms with van der Waals surface area (Å²) in [4.78, 5) is 4.65. The Morgan fingerprint density at radius 2 is 2.21 bits per heavy atom. The topological polar surface area (TPSA) is 65.1 Å². The number of nitrogens with zero attached hydrogens (tertiary/aromatic N) is 2. The highest BCUT2D eigenvalue weighted by Gasteiger charge is 2.13. The Hall–Kier alpha value is -1.43. The van der Waals surface area contributed by atoms with Crippen molar-refractivity contribution >= 4 is 11.0 Å². The van der Waals surface area contributed by atoms with Crippen molar-refractivity contribution in [2.75, 3.05) is 13.2 Å². The number of rotatable bonds is 7. The highest BCUT2D eigenvalue weighted by Crippen LogP contribution is 2.15. The molecule has 1 atom stereocenters. The van der Waals surface area contributed by atoms with Gasteiger partial charge in [0.05, 0.1) is 11.0 Å². The number of aromatic nitrogens is 2. The minimum absolute atomic E-state index is 0.182. The van der Waals surface area contributed by atoms with Gasteiger partial charge in [-0.1, -0.05) is 12.1 Å². The molecule has 1 heterocycles. The van der Waals surface area contributed by atoms with Gasteiger partial charge in [-0.05, 0) is 25.5 Å². The molecule has 0 aliphatic rings. The van der Waals surface area contributed by atoms with Crippen LogP contribution in [0, 0.1) is 0 Å². The first kappa shape index (κ1) is 14.0. The van der Waals surface area contributed by atoms with Gasteiger partial charge in [-0.15, -0.1) is 0 Å². The van der Waals surface area contributed by atoms with Gasteiger partial charge in [0.2, 0.25) is 0 Å². The van der Waals surface area contributed by atoms with Crippen molar-refractivity contribution in [1.82, 2.24) is 15.0 Å². The van der Waals surface area contributed by atoms with Crippen LogP contribution in [0.3, 0.4) is 0 Å². The van der Waals surface area contributed by atoms with Crippen LogP contribution in [0.2, 0.25) is 0 Å². The summed E-state index contributed by atoms with van der Waals surface area (Å²) in [5, 5.41) is 0. The minimum Gasteiger partial charge on any atom is -0.382 e. The molecule has 0 aliphatic heterocycles. The van der Waals surface area contributed by atoms with Crippen molar-refractivity contribution in [3.05, 3.63) is 30.1 Å². The summed E-state index contributed by atoms with van der Waals surface area (Å²) in [5.74, 6) is 6.65. The summed E-state index contributed by atoms with van der Waals surface area (Å²) in [6.07, 6.45) is 1.68. The molecule has 0 bridgehead atoms. The number of fused-ring (bicyclic) bond motifs is 1. The lowest BCUT2D eigenvalue weighted by molar-refractivity contribution is 0.136. The molecular formula is C14H22N4O. The Labute approximate surface area is 113 Å². The SMILES string of the molecule is CCOCCC(Cc1nc2ccccc2n1C)NN. The Kier molecular flexibility index (Phi) is 4.90. The third-order valence-electron chi connectivity index (χ3n) is 3.36. The number of hydrogen-bond donors (Lipinski definition) is 2. The lowest BCUT2D eigenvalue weighted by Gasteiger charge is -2.15. The molecule has 0 aliphatic carbocycles. The van der Waals surface area contributed by atoms with E-state index in [-0.39, 0.29) is 6.04 Å². The Morgan fingerprint density at radius 1 is 1.42 bits per heavy atom. The van der Waals surface area contributed by atoms with Crippen LogP contribution in [-0.4, -0.2) is 28.8 Å². The van der Waals surface area contributed by atoms with Crippen molar-refractivity contribution in [3.8, 4) is 0 Å². The molecular weight excluding hydrogens is 240 g/mol. The van der Waals surface area contributed by atoms with Crippen LogP contribution in [0.4, 0.5) is 0 Å². The van der Waals surface area contributed by atoms with E-state index in [0.717, 1.165) is 42.9 Å². The summed E-state index contributed by atoms with van der Waals surface area (Å²) < 4.78 is 7.50. The summed E-state index contributed by atoms with van der Waals surface area (Å²) in [6.45, 7) is 3.45. The van der Waals surface area contributed by atoms with Gasteiger partial charge >= 0.3 is 0 Å². The fourth-order valence-corrected chi connectivity index (χ4v) is 2.21. The van der Waals surface area contributed by atoms with Crippen molar-refractivity contribution < 1.29 is 4.74 Å². The molecule has 0 fully saturated rings. The van der Waals surface area contributed by atoms with Gasteiger partial charge in [-0.2, -0.15) is 0 Å². The number of ether oxygens (including phenoxy) is 1. The van der Waals surface area contributed by atoms with Gasteiger partial charge in [-0.3, -0.25) is 11.3 Å². The fraction of sp³-hybridized carbons (Fsp3) is 0.500. The molecule has 1 aromatic carbocycles. The normalized spacial score (nSPS) is 13.0. The van der Waals surface area contributed by atoms with E-state index in [9.17, 15) is 0 Å². The monoisotopic (exact) mass is 262 g/mol. The molecule has 2 rings (SSSR count). The molecule has 104 valence electrons. The number of para-hydroxylation sites is 2. The van der Waals surface area contributed by atoms with Crippen LogP contribution in [0.25, 0.3) is 11.0 Å². The second-order valence-corrected chi connectivity index (χ2v) is 4.63. The molecule has 0 amide bonds. The quantitative estimate of drug-likeness (QED) is 0.449. The summed E-state index contributed by atoms with van der Waals surface area (Å²) in [7, 11) is 2.04. The second kappa shape index (κ2) is 6.65. The van der Waals surface area contributed by atoms with Gasteiger partial charge < -0.3 is 9.30 Å². The number of aryl methyl sites for hydroxylation is 1. The van der Waals surface area contributed by atoms with Gasteiger partial charge in [0.25, 0.3) is 0 Å². The van der Waals surface area contributed by atoms with E-state index in [1.54, 1.807) is 0 Å². The third-order valence-corrected chi connectivity index (χ3v) is 3.36. The Bertz CT molecular complexity index is 523. The first-order chi connectivity index (χ1) is 9.26. The van der Waals surface area contributed by atoms with E-state index in [4.69, 9.17) is 10.6 Å². The van der Waals surface area contributed by atoms with E-state index in [2.05, 4.69) is 21.0 Å². The van der Waals surface area contributed by atoms with Crippen molar-refractivity contribution in [2.24, 2.45) is 12.9 Å². The number of hydrazine groups is 1. The van der Waals surface area contributed by atoms with Crippen LogP contribution >= 0.6 is 0 Å². The number of hydrogen-bond acceptors (Lipinski definition) is 4. The molecule has 2 aromatic rings. The molecule has 1 unspecified atom stereocenters. The zero-order valence-corrected chi connectivity index (χ0v) is 11.6. The molecule has 0 radical (unpaired) electrons. The first-order valence-corrected chi connectivity index (χ1v) is 6.70. The smallest absolute Gasteiger partial charge is 0.111 e. The van der Waals surface area contributed by atoms with E-state index in [1.807, 2.05) is 32.2 Å². The van der Waals surface area contributed by atoms with Crippen molar-refractivity contribution in [3.63, 3.8) is 0 Å². The van der Waals surface area contributed by atoms with Crippen molar-refractivity contribution in [1.29, 1.82) is 0 Å². The summed E-state index contributed by atoms with van der Waals surface area (Å²) in [5.41, 5.74) is 5.03. The molecule has 3 N–H and O–H groups in total. The van der Waals surface area contributed by atoms with E-state index >= 15 is 0 Å². The average Bonchev–Trinajstić information content (AvgIpc) is 2.75. The van der Waals surface area contributed by atoms with Crippen molar-refractivity contribution in [2.45, 2.75) is 25.8 Å². The van der Waals surface area contributed by atoms with Crippen LogP contribution in [0.5, 0.6) is 0 Å². The lowest BCUT2D eigenvalue weighted by Crippen LogP contribution is -2.38. The first-order valence-electron chi connectivity index (χ1n) is 6.70. The van der Waals surface area contributed by atoms with Crippen LogP contribution in [0.1, 0.15) is 19.2 Å². The Morgan fingerprint density at radius 3 is 2.89 bits per heavy atom. The number of nitrogens with two attached hydrogens (primary N) is 1. The van der Waals surface area contributed by atoms with Gasteiger partial charge in [0.1, 0.15) is 5.82 Å². The molecule has 5 heteroatoms. The van der Waals surface area contributed by atoms with Gasteiger partial charge in [-0.25, -0.2) is 4.98 Å².